The van der Waals surface area contributed by atoms with Crippen molar-refractivity contribution in [3.8, 4) is 0 Å². The molecule has 1 fully saturated rings. The van der Waals surface area contributed by atoms with Gasteiger partial charge in [-0.2, -0.15) is 4.98 Å². The Bertz CT molecular complexity index is 300. The van der Waals surface area contributed by atoms with Gasteiger partial charge in [0.05, 0.1) is 6.10 Å². The number of aromatic nitrogens is 2. The molecule has 0 spiro atoms. The van der Waals surface area contributed by atoms with Crippen LogP contribution in [-0.4, -0.2) is 29.4 Å². The van der Waals surface area contributed by atoms with Crippen molar-refractivity contribution >= 4 is 6.01 Å². The first-order valence-electron chi connectivity index (χ1n) is 4.87. The average Bonchev–Trinajstić information content (AvgIpc) is 2.76. The molecule has 1 heterocycles. The zero-order chi connectivity index (χ0) is 9.97. The summed E-state index contributed by atoms with van der Waals surface area (Å²) in [5.41, 5.74) is 0. The fourth-order valence-electron chi connectivity index (χ4n) is 1.82. The summed E-state index contributed by atoms with van der Waals surface area (Å²) in [6, 6.07) is 0.920. The second-order valence-corrected chi connectivity index (χ2v) is 3.66. The summed E-state index contributed by atoms with van der Waals surface area (Å²) in [6.07, 6.45) is 3.58. The highest BCUT2D eigenvalue weighted by molar-refractivity contribution is 5.21. The van der Waals surface area contributed by atoms with Crippen LogP contribution in [0.25, 0.3) is 0 Å². The van der Waals surface area contributed by atoms with Gasteiger partial charge in [-0.1, -0.05) is 5.16 Å². The number of hydrogen-bond donors (Lipinski definition) is 1. The van der Waals surface area contributed by atoms with Gasteiger partial charge in [0.25, 0.3) is 0 Å². The molecule has 78 valence electrons. The van der Waals surface area contributed by atoms with E-state index in [-0.39, 0.29) is 0 Å². The van der Waals surface area contributed by atoms with Crippen molar-refractivity contribution in [2.45, 2.75) is 38.3 Å². The van der Waals surface area contributed by atoms with Crippen LogP contribution in [0.2, 0.25) is 0 Å². The van der Waals surface area contributed by atoms with E-state index >= 15 is 0 Å². The van der Waals surface area contributed by atoms with E-state index in [0.717, 1.165) is 19.3 Å². The second-order valence-electron chi connectivity index (χ2n) is 3.66. The van der Waals surface area contributed by atoms with Crippen molar-refractivity contribution in [2.75, 3.05) is 12.4 Å². The first-order chi connectivity index (χ1) is 6.78. The van der Waals surface area contributed by atoms with Crippen LogP contribution in [0.4, 0.5) is 6.01 Å². The maximum atomic E-state index is 5.28. The van der Waals surface area contributed by atoms with Gasteiger partial charge in [0, 0.05) is 13.2 Å². The van der Waals surface area contributed by atoms with Gasteiger partial charge in [-0.05, 0) is 26.2 Å². The number of aryl methyl sites for hydroxylation is 1. The Morgan fingerprint density at radius 2 is 2.36 bits per heavy atom. The normalized spacial score (nSPS) is 26.7. The predicted molar refractivity (Wildman–Crippen MR) is 51.1 cm³/mol. The molecule has 5 heteroatoms. The zero-order valence-corrected chi connectivity index (χ0v) is 8.49. The van der Waals surface area contributed by atoms with Gasteiger partial charge in [-0.15, -0.1) is 0 Å². The van der Waals surface area contributed by atoms with Crippen molar-refractivity contribution < 1.29 is 9.26 Å². The van der Waals surface area contributed by atoms with Crippen molar-refractivity contribution in [3.05, 3.63) is 5.82 Å². The van der Waals surface area contributed by atoms with Crippen LogP contribution >= 0.6 is 0 Å². The topological polar surface area (TPSA) is 60.2 Å². The van der Waals surface area contributed by atoms with Gasteiger partial charge in [-0.3, -0.25) is 0 Å². The number of nitrogens with zero attached hydrogens (tertiary/aromatic N) is 2. The van der Waals surface area contributed by atoms with Crippen LogP contribution in [0, 0.1) is 6.92 Å². The highest BCUT2D eigenvalue weighted by atomic mass is 16.5. The fraction of sp³-hybridized carbons (Fsp3) is 0.778. The van der Waals surface area contributed by atoms with E-state index in [1.54, 1.807) is 14.0 Å². The minimum absolute atomic E-state index is 0.372. The lowest BCUT2D eigenvalue weighted by molar-refractivity contribution is 0.108. The Hall–Kier alpha value is -1.10. The third-order valence-corrected chi connectivity index (χ3v) is 2.57. The first-order valence-corrected chi connectivity index (χ1v) is 4.87. The molecule has 2 unspecified atom stereocenters. The first kappa shape index (κ1) is 9.45. The average molecular weight is 197 g/mol. The van der Waals surface area contributed by atoms with Gasteiger partial charge < -0.3 is 14.6 Å². The number of hydrogen-bond acceptors (Lipinski definition) is 5. The van der Waals surface area contributed by atoms with Crippen molar-refractivity contribution in [1.82, 2.24) is 10.1 Å². The second kappa shape index (κ2) is 3.96. The summed E-state index contributed by atoms with van der Waals surface area (Å²) in [7, 11) is 1.75. The highest BCUT2D eigenvalue weighted by Gasteiger charge is 2.25. The summed E-state index contributed by atoms with van der Waals surface area (Å²) in [5, 5.41) is 6.92. The standard InChI is InChI=1S/C9H15N3O2/c1-6-10-9(14-12-6)11-7-3-4-8(5-7)13-2/h7-8H,3-5H2,1-2H3,(H,10,11,12). The van der Waals surface area contributed by atoms with Crippen LogP contribution in [-0.2, 0) is 4.74 Å². The van der Waals surface area contributed by atoms with E-state index in [9.17, 15) is 0 Å². The molecule has 0 aliphatic heterocycles. The molecule has 14 heavy (non-hydrogen) atoms. The van der Waals surface area contributed by atoms with E-state index in [0.29, 0.717) is 24.0 Å². The molecule has 0 bridgehead atoms. The minimum atomic E-state index is 0.372. The van der Waals surface area contributed by atoms with Crippen molar-refractivity contribution in [2.24, 2.45) is 0 Å². The van der Waals surface area contributed by atoms with Crippen LogP contribution in [0.5, 0.6) is 0 Å². The van der Waals surface area contributed by atoms with E-state index in [1.807, 2.05) is 0 Å². The predicted octanol–water partition coefficient (Wildman–Crippen LogP) is 1.36. The maximum Gasteiger partial charge on any atom is 0.321 e. The molecule has 2 atom stereocenters. The molecule has 0 saturated heterocycles. The van der Waals surface area contributed by atoms with Gasteiger partial charge in [-0.25, -0.2) is 0 Å². The summed E-state index contributed by atoms with van der Waals surface area (Å²) < 4.78 is 10.3. The molecule has 0 radical (unpaired) electrons. The molecule has 1 N–H and O–H groups in total. The Labute approximate surface area is 82.8 Å². The Morgan fingerprint density at radius 3 is 2.93 bits per heavy atom. The summed E-state index contributed by atoms with van der Waals surface area (Å²) in [5.74, 6) is 0.661. The highest BCUT2D eigenvalue weighted by Crippen LogP contribution is 2.24. The Balaban J connectivity index is 1.87. The monoisotopic (exact) mass is 197 g/mol. The van der Waals surface area contributed by atoms with E-state index in [2.05, 4.69) is 15.5 Å². The third kappa shape index (κ3) is 2.04. The SMILES string of the molecule is COC1CCC(Nc2nc(C)no2)C1. The summed E-state index contributed by atoms with van der Waals surface area (Å²) >= 11 is 0. The third-order valence-electron chi connectivity index (χ3n) is 2.57. The van der Waals surface area contributed by atoms with Crippen LogP contribution in [0.15, 0.2) is 4.52 Å². The van der Waals surface area contributed by atoms with Crippen LogP contribution in [0.1, 0.15) is 25.1 Å². The van der Waals surface area contributed by atoms with E-state index < -0.39 is 0 Å². The van der Waals surface area contributed by atoms with Crippen molar-refractivity contribution in [3.63, 3.8) is 0 Å². The summed E-state index contributed by atoms with van der Waals surface area (Å²) in [4.78, 5) is 4.10. The summed E-state index contributed by atoms with van der Waals surface area (Å²) in [6.45, 7) is 1.81. The molecular weight excluding hydrogens is 182 g/mol. The number of nitrogens with one attached hydrogen (secondary N) is 1. The van der Waals surface area contributed by atoms with Gasteiger partial charge in [0.15, 0.2) is 5.82 Å². The Kier molecular flexibility index (Phi) is 2.67. The molecular formula is C9H15N3O2. The quantitative estimate of drug-likeness (QED) is 0.792. The van der Waals surface area contributed by atoms with Gasteiger partial charge in [0.2, 0.25) is 0 Å². The number of anilines is 1. The molecule has 1 aromatic heterocycles. The number of methoxy groups -OCH3 is 1. The maximum absolute atomic E-state index is 5.28. The minimum Gasteiger partial charge on any atom is -0.381 e. The molecule has 0 aromatic carbocycles. The smallest absolute Gasteiger partial charge is 0.321 e. The van der Waals surface area contributed by atoms with E-state index in [4.69, 9.17) is 9.26 Å². The molecule has 1 saturated carbocycles. The molecule has 1 aliphatic rings. The van der Waals surface area contributed by atoms with Crippen molar-refractivity contribution in [1.29, 1.82) is 0 Å². The number of rotatable bonds is 3. The molecule has 1 aliphatic carbocycles. The van der Waals surface area contributed by atoms with Crippen LogP contribution < -0.4 is 5.32 Å². The lowest BCUT2D eigenvalue weighted by atomic mass is 10.2. The number of ether oxygens (including phenoxy) is 1. The largest absolute Gasteiger partial charge is 0.381 e. The van der Waals surface area contributed by atoms with Gasteiger partial charge >= 0.3 is 6.01 Å². The fourth-order valence-corrected chi connectivity index (χ4v) is 1.82. The van der Waals surface area contributed by atoms with Crippen LogP contribution in [0.3, 0.4) is 0 Å². The van der Waals surface area contributed by atoms with Gasteiger partial charge in [0.1, 0.15) is 0 Å². The zero-order valence-electron chi connectivity index (χ0n) is 8.49. The molecule has 2 rings (SSSR count). The lowest BCUT2D eigenvalue weighted by Crippen LogP contribution is -2.17. The molecule has 0 amide bonds. The molecule has 5 nitrogen and oxygen atoms in total. The molecule has 1 aromatic rings. The Morgan fingerprint density at radius 1 is 1.50 bits per heavy atom. The van der Waals surface area contributed by atoms with E-state index in [1.165, 1.54) is 0 Å². The lowest BCUT2D eigenvalue weighted by Gasteiger charge is -2.09.